The van der Waals surface area contributed by atoms with Crippen LogP contribution in [-0.4, -0.2) is 14.1 Å². The second-order valence-electron chi connectivity index (χ2n) is 20.1. The van der Waals surface area contributed by atoms with E-state index in [0.29, 0.717) is 5.56 Å². The zero-order chi connectivity index (χ0) is 49.5. The van der Waals surface area contributed by atoms with Crippen molar-refractivity contribution in [3.63, 3.8) is 0 Å². The molecule has 12 aromatic rings. The van der Waals surface area contributed by atoms with Crippen LogP contribution in [0.1, 0.15) is 50.1 Å². The third-order valence-corrected chi connectivity index (χ3v) is 15.0. The SMILES string of the molecule is Cc1ccc(-c2ccc3c(c2)c2cc(-c4ccc(C)cc4C)ccc2n3-c2cncc(-n3c4ccc(-c5ccc(C)cc5C)cc4c4cc(-c5ccc(C)cc5C)ccc43)c2-c2ccc(C#N)cc2)c(C)c1. The van der Waals surface area contributed by atoms with Gasteiger partial charge in [0.25, 0.3) is 0 Å². The van der Waals surface area contributed by atoms with Crippen molar-refractivity contribution < 1.29 is 0 Å². The number of aromatic nitrogens is 3. The van der Waals surface area contributed by atoms with Crippen LogP contribution >= 0.6 is 0 Å². The molecule has 0 saturated heterocycles. The Morgan fingerprint density at radius 3 is 0.903 bits per heavy atom. The summed E-state index contributed by atoms with van der Waals surface area (Å²) in [5.74, 6) is 0. The zero-order valence-electron chi connectivity index (χ0n) is 42.1. The Morgan fingerprint density at radius 1 is 0.333 bits per heavy atom. The fourth-order valence-corrected chi connectivity index (χ4v) is 11.6. The Morgan fingerprint density at radius 2 is 0.625 bits per heavy atom. The van der Waals surface area contributed by atoms with Gasteiger partial charge < -0.3 is 9.13 Å². The maximum atomic E-state index is 10.1. The number of rotatable bonds is 7. The monoisotopic (exact) mass is 926 g/mol. The number of benzene rings is 9. The Balaban J connectivity index is 1.17. The van der Waals surface area contributed by atoms with Gasteiger partial charge in [-0.2, -0.15) is 5.26 Å². The van der Waals surface area contributed by atoms with E-state index in [9.17, 15) is 5.26 Å². The van der Waals surface area contributed by atoms with E-state index in [-0.39, 0.29) is 0 Å². The van der Waals surface area contributed by atoms with Crippen molar-refractivity contribution in [1.29, 1.82) is 5.26 Å². The van der Waals surface area contributed by atoms with Gasteiger partial charge in [-0.05, 0) is 188 Å². The summed E-state index contributed by atoms with van der Waals surface area (Å²) in [5.41, 5.74) is 28.5. The first-order valence-electron chi connectivity index (χ1n) is 24.9. The lowest BCUT2D eigenvalue weighted by atomic mass is 9.95. The van der Waals surface area contributed by atoms with Crippen LogP contribution in [0.25, 0.3) is 111 Å². The van der Waals surface area contributed by atoms with Gasteiger partial charge in [0.2, 0.25) is 0 Å². The number of nitrogens with zero attached hydrogens (tertiary/aromatic N) is 4. The van der Waals surface area contributed by atoms with Crippen LogP contribution in [0.4, 0.5) is 0 Å². The third kappa shape index (κ3) is 7.40. The lowest BCUT2D eigenvalue weighted by molar-refractivity contribution is 1.09. The maximum Gasteiger partial charge on any atom is 0.0991 e. The zero-order valence-corrected chi connectivity index (χ0v) is 42.1. The van der Waals surface area contributed by atoms with Gasteiger partial charge in [-0.25, -0.2) is 0 Å². The number of nitriles is 1. The first kappa shape index (κ1) is 44.4. The molecule has 0 saturated carbocycles. The maximum absolute atomic E-state index is 10.1. The summed E-state index contributed by atoms with van der Waals surface area (Å²) in [6, 6.07) is 65.1. The lowest BCUT2D eigenvalue weighted by Gasteiger charge is -2.20. The normalized spacial score (nSPS) is 11.6. The molecule has 0 bridgehead atoms. The average molecular weight is 927 g/mol. The molecule has 0 aliphatic heterocycles. The highest BCUT2D eigenvalue weighted by atomic mass is 15.0. The summed E-state index contributed by atoms with van der Waals surface area (Å²) in [6.07, 6.45) is 4.05. The number of hydrogen-bond acceptors (Lipinski definition) is 2. The van der Waals surface area contributed by atoms with Crippen LogP contribution in [0.5, 0.6) is 0 Å². The smallest absolute Gasteiger partial charge is 0.0991 e. The van der Waals surface area contributed by atoms with E-state index in [2.05, 4.69) is 228 Å². The predicted molar refractivity (Wildman–Crippen MR) is 303 cm³/mol. The minimum absolute atomic E-state index is 0.611. The van der Waals surface area contributed by atoms with Crippen molar-refractivity contribution in [3.8, 4) is 73.1 Å². The Bertz CT molecular complexity index is 3790. The van der Waals surface area contributed by atoms with Crippen LogP contribution < -0.4 is 0 Å². The molecule has 0 fully saturated rings. The second-order valence-corrected chi connectivity index (χ2v) is 20.1. The standard InChI is InChI=1S/C68H54N4/c1-40-9-21-54(44(5)29-40)50-17-25-62-58(33-50)59-34-51(55-22-10-41(2)30-45(55)6)18-26-63(59)71(62)66-38-70-39-67(68(66)49-15-13-48(37-69)14-16-49)72-64-27-19-52(56-23-11-42(3)31-46(56)7)35-60(64)61-36-53(20-28-65(61)72)57-24-12-43(4)32-47(57)8/h9-36,38-39H,1-8H3. The van der Waals surface area contributed by atoms with Crippen molar-refractivity contribution >= 4 is 43.6 Å². The first-order valence-corrected chi connectivity index (χ1v) is 24.9. The fraction of sp³-hybridized carbons (Fsp3) is 0.118. The highest BCUT2D eigenvalue weighted by molar-refractivity contribution is 6.14. The Labute approximate surface area is 421 Å². The largest absolute Gasteiger partial charge is 0.307 e. The van der Waals surface area contributed by atoms with Gasteiger partial charge in [-0.3, -0.25) is 4.98 Å². The summed E-state index contributed by atoms with van der Waals surface area (Å²) in [7, 11) is 0. The number of fused-ring (bicyclic) bond motifs is 6. The molecule has 0 amide bonds. The molecule has 0 atom stereocenters. The predicted octanol–water partition coefficient (Wildman–Crippen LogP) is 17.9. The summed E-state index contributed by atoms with van der Waals surface area (Å²) in [4.78, 5) is 5.19. The van der Waals surface area contributed by atoms with E-state index in [4.69, 9.17) is 4.98 Å². The third-order valence-electron chi connectivity index (χ3n) is 15.0. The first-order chi connectivity index (χ1) is 34.9. The molecule has 346 valence electrons. The summed E-state index contributed by atoms with van der Waals surface area (Å²) in [5, 5.41) is 14.7. The van der Waals surface area contributed by atoms with Gasteiger partial charge in [0.05, 0.1) is 57.5 Å². The van der Waals surface area contributed by atoms with Gasteiger partial charge >= 0.3 is 0 Å². The second kappa shape index (κ2) is 17.3. The number of aryl methyl sites for hydroxylation is 8. The van der Waals surface area contributed by atoms with Crippen LogP contribution in [0, 0.1) is 66.7 Å². The van der Waals surface area contributed by atoms with Gasteiger partial charge in [0.1, 0.15) is 0 Å². The van der Waals surface area contributed by atoms with Crippen molar-refractivity contribution in [3.05, 3.63) is 232 Å². The highest BCUT2D eigenvalue weighted by Gasteiger charge is 2.24. The average Bonchev–Trinajstić information content (AvgIpc) is 3.87. The van der Waals surface area contributed by atoms with Gasteiger partial charge in [0.15, 0.2) is 0 Å². The van der Waals surface area contributed by atoms with Gasteiger partial charge in [-0.15, -0.1) is 0 Å². The van der Waals surface area contributed by atoms with Crippen molar-refractivity contribution in [2.75, 3.05) is 0 Å². The lowest BCUT2D eigenvalue weighted by Crippen LogP contribution is -2.05. The topological polar surface area (TPSA) is 46.5 Å². The molecular formula is C68H54N4. The van der Waals surface area contributed by atoms with Gasteiger partial charge in [-0.1, -0.05) is 131 Å². The molecule has 9 aromatic carbocycles. The van der Waals surface area contributed by atoms with E-state index in [1.165, 1.54) is 111 Å². The molecule has 72 heavy (non-hydrogen) atoms. The minimum Gasteiger partial charge on any atom is -0.307 e. The van der Waals surface area contributed by atoms with E-state index in [1.54, 1.807) is 0 Å². The molecule has 0 unspecified atom stereocenters. The molecule has 0 N–H and O–H groups in total. The van der Waals surface area contributed by atoms with Crippen molar-refractivity contribution in [2.45, 2.75) is 55.4 Å². The summed E-state index contributed by atoms with van der Waals surface area (Å²) in [6.45, 7) is 17.4. The summed E-state index contributed by atoms with van der Waals surface area (Å²) >= 11 is 0. The molecule has 0 aliphatic carbocycles. The molecule has 12 rings (SSSR count). The van der Waals surface area contributed by atoms with Crippen LogP contribution in [0.2, 0.25) is 0 Å². The molecule has 0 aliphatic rings. The van der Waals surface area contributed by atoms with E-state index >= 15 is 0 Å². The minimum atomic E-state index is 0.611. The molecule has 4 heteroatoms. The Hall–Kier alpha value is -8.78. The molecule has 3 heterocycles. The Kier molecular flexibility index (Phi) is 10.7. The van der Waals surface area contributed by atoms with Crippen LogP contribution in [-0.2, 0) is 0 Å². The van der Waals surface area contributed by atoms with E-state index < -0.39 is 0 Å². The molecular weight excluding hydrogens is 873 g/mol. The van der Waals surface area contributed by atoms with Crippen molar-refractivity contribution in [2.24, 2.45) is 0 Å². The molecule has 0 spiro atoms. The van der Waals surface area contributed by atoms with Crippen LogP contribution in [0.3, 0.4) is 0 Å². The fourth-order valence-electron chi connectivity index (χ4n) is 11.6. The molecule has 3 aromatic heterocycles. The van der Waals surface area contributed by atoms with Crippen LogP contribution in [0.15, 0.2) is 182 Å². The van der Waals surface area contributed by atoms with E-state index in [1.807, 2.05) is 24.5 Å². The number of pyridine rings is 1. The van der Waals surface area contributed by atoms with E-state index in [0.717, 1.165) is 44.6 Å². The quantitative estimate of drug-likeness (QED) is 0.160. The summed E-state index contributed by atoms with van der Waals surface area (Å²) < 4.78 is 4.83. The van der Waals surface area contributed by atoms with Crippen molar-refractivity contribution in [1.82, 2.24) is 14.1 Å². The number of hydrogen-bond donors (Lipinski definition) is 0. The molecule has 0 radical (unpaired) electrons. The highest BCUT2D eigenvalue weighted by Crippen LogP contribution is 2.45. The van der Waals surface area contributed by atoms with Gasteiger partial charge in [0, 0.05) is 27.1 Å². The molecule has 4 nitrogen and oxygen atoms in total.